The minimum atomic E-state index is -0.922. The molecule has 0 unspecified atom stereocenters. The summed E-state index contributed by atoms with van der Waals surface area (Å²) < 4.78 is 10.4. The number of carbonyl (C=O) groups is 1. The number of methoxy groups -OCH3 is 2. The van der Waals surface area contributed by atoms with E-state index < -0.39 is 5.97 Å². The number of aliphatic carboxylic acids is 1. The quantitative estimate of drug-likeness (QED) is 0.814. The van der Waals surface area contributed by atoms with Crippen molar-refractivity contribution in [3.05, 3.63) is 29.8 Å². The van der Waals surface area contributed by atoms with E-state index in [0.717, 1.165) is 24.0 Å². The molecule has 0 aliphatic heterocycles. The van der Waals surface area contributed by atoms with E-state index in [1.807, 2.05) is 12.1 Å². The van der Waals surface area contributed by atoms with E-state index in [1.54, 1.807) is 20.3 Å². The maximum absolute atomic E-state index is 10.9. The summed E-state index contributed by atoms with van der Waals surface area (Å²) in [5.74, 6) is 0.757. The summed E-state index contributed by atoms with van der Waals surface area (Å²) in [6.07, 6.45) is 3.35. The fourth-order valence-electron chi connectivity index (χ4n) is 1.98. The van der Waals surface area contributed by atoms with Crippen molar-refractivity contribution in [1.29, 1.82) is 0 Å². The number of carboxylic acid groups (broad SMARTS) is 1. The Kier molecular flexibility index (Phi) is 3.55. The van der Waals surface area contributed by atoms with Gasteiger partial charge in [-0.3, -0.25) is 0 Å². The molecule has 1 aliphatic rings. The zero-order chi connectivity index (χ0) is 13.1. The number of rotatable bonds is 5. The Morgan fingerprint density at radius 1 is 1.33 bits per heavy atom. The highest BCUT2D eigenvalue weighted by Crippen LogP contribution is 2.45. The summed E-state index contributed by atoms with van der Waals surface area (Å²) in [5.41, 5.74) is 1.67. The molecule has 4 heteroatoms. The highest BCUT2D eigenvalue weighted by atomic mass is 16.5. The van der Waals surface area contributed by atoms with Gasteiger partial charge in [0, 0.05) is 17.7 Å². The highest BCUT2D eigenvalue weighted by molar-refractivity contribution is 5.92. The molecule has 0 atom stereocenters. The molecule has 18 heavy (non-hydrogen) atoms. The van der Waals surface area contributed by atoms with Crippen LogP contribution in [-0.2, 0) is 4.79 Å². The summed E-state index contributed by atoms with van der Waals surface area (Å²) in [5, 5.41) is 8.94. The number of ether oxygens (including phenoxy) is 2. The van der Waals surface area contributed by atoms with Crippen LogP contribution in [0.5, 0.6) is 11.5 Å². The van der Waals surface area contributed by atoms with Crippen molar-refractivity contribution in [2.75, 3.05) is 14.2 Å². The van der Waals surface area contributed by atoms with Crippen molar-refractivity contribution in [3.63, 3.8) is 0 Å². The molecule has 0 heterocycles. The molecule has 1 aliphatic carbocycles. The van der Waals surface area contributed by atoms with E-state index in [-0.39, 0.29) is 0 Å². The van der Waals surface area contributed by atoms with Crippen molar-refractivity contribution < 1.29 is 19.4 Å². The van der Waals surface area contributed by atoms with E-state index in [2.05, 4.69) is 0 Å². The van der Waals surface area contributed by atoms with Crippen molar-refractivity contribution >= 4 is 11.5 Å². The van der Waals surface area contributed by atoms with Gasteiger partial charge in [-0.25, -0.2) is 4.79 Å². The Morgan fingerprint density at radius 2 is 2.06 bits per heavy atom. The van der Waals surface area contributed by atoms with Crippen LogP contribution in [0.15, 0.2) is 24.3 Å². The van der Waals surface area contributed by atoms with Gasteiger partial charge in [0.15, 0.2) is 0 Å². The minimum absolute atomic E-state index is 0.336. The number of benzene rings is 1. The molecule has 0 spiro atoms. The monoisotopic (exact) mass is 248 g/mol. The summed E-state index contributed by atoms with van der Waals surface area (Å²) in [6, 6.07) is 5.44. The smallest absolute Gasteiger partial charge is 0.328 e. The SMILES string of the molecule is COc1ccc(/C(=C/C(=O)O)C2CC2)c(OC)c1. The molecule has 0 amide bonds. The van der Waals surface area contributed by atoms with Gasteiger partial charge in [0.05, 0.1) is 14.2 Å². The number of hydrogen-bond donors (Lipinski definition) is 1. The van der Waals surface area contributed by atoms with Crippen molar-refractivity contribution in [1.82, 2.24) is 0 Å². The first-order valence-corrected chi connectivity index (χ1v) is 5.82. The second-order valence-corrected chi connectivity index (χ2v) is 4.28. The zero-order valence-electron chi connectivity index (χ0n) is 10.5. The number of carboxylic acids is 1. The average Bonchev–Trinajstić information content (AvgIpc) is 3.19. The molecular formula is C14H16O4. The van der Waals surface area contributed by atoms with Crippen LogP contribution in [0, 0.1) is 5.92 Å². The number of hydrogen-bond acceptors (Lipinski definition) is 3. The van der Waals surface area contributed by atoms with Gasteiger partial charge in [-0.2, -0.15) is 0 Å². The molecule has 2 rings (SSSR count). The molecule has 0 bridgehead atoms. The lowest BCUT2D eigenvalue weighted by atomic mass is 9.99. The van der Waals surface area contributed by atoms with Crippen LogP contribution in [0.4, 0.5) is 0 Å². The second kappa shape index (κ2) is 5.12. The molecule has 1 aromatic rings. The van der Waals surface area contributed by atoms with Crippen LogP contribution in [0.2, 0.25) is 0 Å². The van der Waals surface area contributed by atoms with E-state index in [9.17, 15) is 4.79 Å². The van der Waals surface area contributed by atoms with Crippen LogP contribution in [0.25, 0.3) is 5.57 Å². The molecule has 0 aromatic heterocycles. The van der Waals surface area contributed by atoms with Crippen LogP contribution < -0.4 is 9.47 Å². The second-order valence-electron chi connectivity index (χ2n) is 4.28. The maximum Gasteiger partial charge on any atom is 0.328 e. The van der Waals surface area contributed by atoms with Gasteiger partial charge >= 0.3 is 5.97 Å². The molecule has 1 saturated carbocycles. The van der Waals surface area contributed by atoms with Crippen LogP contribution >= 0.6 is 0 Å². The summed E-state index contributed by atoms with van der Waals surface area (Å²) in [6.45, 7) is 0. The molecule has 1 fully saturated rings. The van der Waals surface area contributed by atoms with Gasteiger partial charge in [-0.05, 0) is 36.5 Å². The maximum atomic E-state index is 10.9. The molecule has 0 radical (unpaired) electrons. The molecule has 1 aromatic carbocycles. The van der Waals surface area contributed by atoms with Crippen LogP contribution in [0.3, 0.4) is 0 Å². The van der Waals surface area contributed by atoms with E-state index in [4.69, 9.17) is 14.6 Å². The van der Waals surface area contributed by atoms with Gasteiger partial charge in [0.25, 0.3) is 0 Å². The molecule has 0 saturated heterocycles. The van der Waals surface area contributed by atoms with Gasteiger partial charge < -0.3 is 14.6 Å². The first-order chi connectivity index (χ1) is 8.65. The Labute approximate surface area is 106 Å². The predicted molar refractivity (Wildman–Crippen MR) is 67.9 cm³/mol. The van der Waals surface area contributed by atoms with Crippen molar-refractivity contribution in [2.45, 2.75) is 12.8 Å². The normalized spacial score (nSPS) is 15.3. The van der Waals surface area contributed by atoms with Gasteiger partial charge in [0.1, 0.15) is 11.5 Å². The predicted octanol–water partition coefficient (Wildman–Crippen LogP) is 2.58. The van der Waals surface area contributed by atoms with Gasteiger partial charge in [0.2, 0.25) is 0 Å². The minimum Gasteiger partial charge on any atom is -0.497 e. The van der Waals surface area contributed by atoms with Crippen molar-refractivity contribution in [2.24, 2.45) is 5.92 Å². The first kappa shape index (κ1) is 12.5. The third kappa shape index (κ3) is 2.64. The van der Waals surface area contributed by atoms with Crippen LogP contribution in [0.1, 0.15) is 18.4 Å². The zero-order valence-corrected chi connectivity index (χ0v) is 10.5. The Bertz CT molecular complexity index is 487. The lowest BCUT2D eigenvalue weighted by Gasteiger charge is -2.12. The summed E-state index contributed by atoms with van der Waals surface area (Å²) in [4.78, 5) is 10.9. The summed E-state index contributed by atoms with van der Waals surface area (Å²) >= 11 is 0. The third-order valence-corrected chi connectivity index (χ3v) is 3.02. The molecule has 4 nitrogen and oxygen atoms in total. The summed E-state index contributed by atoms with van der Waals surface area (Å²) in [7, 11) is 3.16. The average molecular weight is 248 g/mol. The fraction of sp³-hybridized carbons (Fsp3) is 0.357. The first-order valence-electron chi connectivity index (χ1n) is 5.82. The van der Waals surface area contributed by atoms with E-state index in [0.29, 0.717) is 17.4 Å². The lowest BCUT2D eigenvalue weighted by Crippen LogP contribution is -1.98. The molecule has 1 N–H and O–H groups in total. The largest absolute Gasteiger partial charge is 0.497 e. The fourth-order valence-corrected chi connectivity index (χ4v) is 1.98. The Morgan fingerprint density at radius 3 is 2.56 bits per heavy atom. The molecular weight excluding hydrogens is 232 g/mol. The van der Waals surface area contributed by atoms with Crippen LogP contribution in [-0.4, -0.2) is 25.3 Å². The highest BCUT2D eigenvalue weighted by Gasteiger charge is 2.29. The van der Waals surface area contributed by atoms with Gasteiger partial charge in [-0.1, -0.05) is 0 Å². The number of allylic oxidation sites excluding steroid dienone is 1. The Balaban J connectivity index is 2.44. The van der Waals surface area contributed by atoms with E-state index in [1.165, 1.54) is 6.08 Å². The third-order valence-electron chi connectivity index (χ3n) is 3.02. The molecule has 96 valence electrons. The van der Waals surface area contributed by atoms with E-state index >= 15 is 0 Å². The van der Waals surface area contributed by atoms with Gasteiger partial charge in [-0.15, -0.1) is 0 Å². The standard InChI is InChI=1S/C14H16O4/c1-17-10-5-6-11(13(7-10)18-2)12(8-14(15)16)9-3-4-9/h5-9H,3-4H2,1-2H3,(H,15,16)/b12-8+. The lowest BCUT2D eigenvalue weighted by molar-refractivity contribution is -0.131. The Hall–Kier alpha value is -1.97. The van der Waals surface area contributed by atoms with Crippen molar-refractivity contribution in [3.8, 4) is 11.5 Å². The topological polar surface area (TPSA) is 55.8 Å².